The first kappa shape index (κ1) is 17.2. The fraction of sp³-hybridized carbons (Fsp3) is 0.529. The second-order valence-corrected chi connectivity index (χ2v) is 5.81. The standard InChI is InChI=1S/C17H25NO3/c1-6-7-14-8-10-15(11-9-14)17(5,16(20)21)18(12(2)3)13(4)19/h8-12H,6-7H2,1-5H3,(H,20,21). The molecule has 4 heteroatoms. The van der Waals surface area contributed by atoms with Gasteiger partial charge in [0, 0.05) is 13.0 Å². The van der Waals surface area contributed by atoms with E-state index in [0.29, 0.717) is 5.56 Å². The number of hydrogen-bond acceptors (Lipinski definition) is 2. The Morgan fingerprint density at radius 2 is 1.76 bits per heavy atom. The summed E-state index contributed by atoms with van der Waals surface area (Å²) in [5, 5.41) is 9.73. The van der Waals surface area contributed by atoms with Gasteiger partial charge < -0.3 is 10.0 Å². The van der Waals surface area contributed by atoms with Crippen LogP contribution in [0.4, 0.5) is 0 Å². The molecule has 0 saturated heterocycles. The zero-order valence-corrected chi connectivity index (χ0v) is 13.5. The van der Waals surface area contributed by atoms with E-state index in [0.717, 1.165) is 12.8 Å². The number of carboxylic acid groups (broad SMARTS) is 1. The highest BCUT2D eigenvalue weighted by atomic mass is 16.4. The van der Waals surface area contributed by atoms with E-state index in [1.54, 1.807) is 6.92 Å². The number of aliphatic carboxylic acids is 1. The fourth-order valence-electron chi connectivity index (χ4n) is 2.85. The van der Waals surface area contributed by atoms with Crippen LogP contribution >= 0.6 is 0 Å². The SMILES string of the molecule is CCCc1ccc(C(C)(C(=O)O)N(C(C)=O)C(C)C)cc1. The van der Waals surface area contributed by atoms with Gasteiger partial charge in [-0.3, -0.25) is 4.79 Å². The third-order valence-corrected chi connectivity index (χ3v) is 3.81. The summed E-state index contributed by atoms with van der Waals surface area (Å²) in [6.07, 6.45) is 2.01. The lowest BCUT2D eigenvalue weighted by molar-refractivity contribution is -0.160. The van der Waals surface area contributed by atoms with E-state index in [-0.39, 0.29) is 11.9 Å². The van der Waals surface area contributed by atoms with Crippen molar-refractivity contribution in [3.8, 4) is 0 Å². The first-order valence-electron chi connectivity index (χ1n) is 7.37. The van der Waals surface area contributed by atoms with Gasteiger partial charge in [-0.2, -0.15) is 0 Å². The van der Waals surface area contributed by atoms with Gasteiger partial charge in [0.15, 0.2) is 5.54 Å². The molecule has 0 aliphatic rings. The Kier molecular flexibility index (Phi) is 5.53. The molecular formula is C17H25NO3. The van der Waals surface area contributed by atoms with Crippen molar-refractivity contribution in [2.75, 3.05) is 0 Å². The molecule has 1 atom stereocenters. The molecular weight excluding hydrogens is 266 g/mol. The lowest BCUT2D eigenvalue weighted by Crippen LogP contribution is -2.55. The molecule has 0 aliphatic heterocycles. The largest absolute Gasteiger partial charge is 0.479 e. The zero-order valence-electron chi connectivity index (χ0n) is 13.5. The van der Waals surface area contributed by atoms with Crippen LogP contribution in [0.25, 0.3) is 0 Å². The smallest absolute Gasteiger partial charge is 0.334 e. The van der Waals surface area contributed by atoms with Crippen LogP contribution in [0, 0.1) is 0 Å². The van der Waals surface area contributed by atoms with Crippen molar-refractivity contribution in [3.63, 3.8) is 0 Å². The Morgan fingerprint density at radius 3 is 2.10 bits per heavy atom. The highest BCUT2D eigenvalue weighted by Crippen LogP contribution is 2.31. The summed E-state index contributed by atoms with van der Waals surface area (Å²) in [6.45, 7) is 8.76. The van der Waals surface area contributed by atoms with Gasteiger partial charge in [-0.1, -0.05) is 37.6 Å². The molecule has 4 nitrogen and oxygen atoms in total. The summed E-state index contributed by atoms with van der Waals surface area (Å²) >= 11 is 0. The van der Waals surface area contributed by atoms with Crippen molar-refractivity contribution in [1.82, 2.24) is 4.90 Å². The van der Waals surface area contributed by atoms with Crippen LogP contribution in [-0.4, -0.2) is 27.9 Å². The van der Waals surface area contributed by atoms with Gasteiger partial charge in [0.05, 0.1) is 0 Å². The number of carbonyl (C=O) groups is 2. The predicted octanol–water partition coefficient (Wildman–Crippen LogP) is 3.20. The summed E-state index contributed by atoms with van der Waals surface area (Å²) < 4.78 is 0. The fourth-order valence-corrected chi connectivity index (χ4v) is 2.85. The Balaban J connectivity index is 3.33. The van der Waals surface area contributed by atoms with Crippen LogP contribution < -0.4 is 0 Å². The zero-order chi connectivity index (χ0) is 16.2. The van der Waals surface area contributed by atoms with E-state index in [1.807, 2.05) is 38.1 Å². The Labute approximate surface area is 126 Å². The number of rotatable bonds is 6. The molecule has 1 aromatic carbocycles. The lowest BCUT2D eigenvalue weighted by Gasteiger charge is -2.40. The lowest BCUT2D eigenvalue weighted by atomic mass is 9.88. The molecule has 1 N–H and O–H groups in total. The minimum atomic E-state index is -1.36. The van der Waals surface area contributed by atoms with E-state index in [9.17, 15) is 14.7 Å². The average molecular weight is 291 g/mol. The molecule has 1 unspecified atom stereocenters. The normalized spacial score (nSPS) is 13.8. The maximum Gasteiger partial charge on any atom is 0.334 e. The number of hydrogen-bond donors (Lipinski definition) is 1. The second-order valence-electron chi connectivity index (χ2n) is 5.81. The number of nitrogens with zero attached hydrogens (tertiary/aromatic N) is 1. The quantitative estimate of drug-likeness (QED) is 0.875. The molecule has 1 rings (SSSR count). The van der Waals surface area contributed by atoms with Crippen molar-refractivity contribution in [2.45, 2.75) is 59.0 Å². The van der Waals surface area contributed by atoms with Crippen molar-refractivity contribution < 1.29 is 14.7 Å². The van der Waals surface area contributed by atoms with E-state index in [2.05, 4.69) is 6.92 Å². The van der Waals surface area contributed by atoms with Crippen molar-refractivity contribution in [2.24, 2.45) is 0 Å². The summed E-state index contributed by atoms with van der Waals surface area (Å²) in [7, 11) is 0. The Morgan fingerprint density at radius 1 is 1.24 bits per heavy atom. The molecule has 0 fully saturated rings. The Hall–Kier alpha value is -1.84. The number of aryl methyl sites for hydroxylation is 1. The molecule has 0 aliphatic carbocycles. The molecule has 1 amide bonds. The first-order chi connectivity index (χ1) is 9.75. The average Bonchev–Trinajstić information content (AvgIpc) is 2.38. The second kappa shape index (κ2) is 6.74. The van der Waals surface area contributed by atoms with Gasteiger partial charge in [0.25, 0.3) is 0 Å². The number of carboxylic acids is 1. The van der Waals surface area contributed by atoms with Crippen molar-refractivity contribution in [1.29, 1.82) is 0 Å². The van der Waals surface area contributed by atoms with Crippen LogP contribution in [0.3, 0.4) is 0 Å². The molecule has 0 bridgehead atoms. The summed E-state index contributed by atoms with van der Waals surface area (Å²) in [4.78, 5) is 25.3. The molecule has 1 aromatic rings. The van der Waals surface area contributed by atoms with Gasteiger partial charge >= 0.3 is 5.97 Å². The molecule has 0 saturated carbocycles. The van der Waals surface area contributed by atoms with Crippen LogP contribution in [-0.2, 0) is 21.5 Å². The first-order valence-corrected chi connectivity index (χ1v) is 7.37. The van der Waals surface area contributed by atoms with Crippen molar-refractivity contribution in [3.05, 3.63) is 35.4 Å². The minimum absolute atomic E-state index is 0.195. The molecule has 0 heterocycles. The maximum atomic E-state index is 11.9. The molecule has 21 heavy (non-hydrogen) atoms. The number of amides is 1. The molecule has 116 valence electrons. The van der Waals surface area contributed by atoms with Gasteiger partial charge in [0.2, 0.25) is 5.91 Å². The van der Waals surface area contributed by atoms with Crippen LogP contribution in [0.1, 0.15) is 52.2 Å². The summed E-state index contributed by atoms with van der Waals surface area (Å²) in [5.41, 5.74) is 0.441. The van der Waals surface area contributed by atoms with Gasteiger partial charge in [-0.05, 0) is 38.3 Å². The monoisotopic (exact) mass is 291 g/mol. The maximum absolute atomic E-state index is 11.9. The van der Waals surface area contributed by atoms with Crippen molar-refractivity contribution >= 4 is 11.9 Å². The third kappa shape index (κ3) is 3.43. The third-order valence-electron chi connectivity index (χ3n) is 3.81. The van der Waals surface area contributed by atoms with Gasteiger partial charge in [-0.25, -0.2) is 4.79 Å². The van der Waals surface area contributed by atoms with E-state index < -0.39 is 11.5 Å². The predicted molar refractivity (Wildman–Crippen MR) is 83.1 cm³/mol. The highest BCUT2D eigenvalue weighted by Gasteiger charge is 2.44. The van der Waals surface area contributed by atoms with Gasteiger partial charge in [-0.15, -0.1) is 0 Å². The number of carbonyl (C=O) groups excluding carboxylic acids is 1. The summed E-state index contributed by atoms with van der Waals surface area (Å²) in [5.74, 6) is -1.26. The minimum Gasteiger partial charge on any atom is -0.479 e. The van der Waals surface area contributed by atoms with E-state index in [1.165, 1.54) is 17.4 Å². The van der Waals surface area contributed by atoms with Gasteiger partial charge in [0.1, 0.15) is 0 Å². The molecule has 0 spiro atoms. The Bertz CT molecular complexity index is 507. The van der Waals surface area contributed by atoms with E-state index >= 15 is 0 Å². The highest BCUT2D eigenvalue weighted by molar-refractivity contribution is 5.87. The van der Waals surface area contributed by atoms with E-state index in [4.69, 9.17) is 0 Å². The topological polar surface area (TPSA) is 57.6 Å². The molecule has 0 radical (unpaired) electrons. The van der Waals surface area contributed by atoms with Crippen LogP contribution in [0.2, 0.25) is 0 Å². The molecule has 0 aromatic heterocycles. The summed E-state index contributed by atoms with van der Waals surface area (Å²) in [6, 6.07) is 7.32. The van der Waals surface area contributed by atoms with Crippen LogP contribution in [0.5, 0.6) is 0 Å². The van der Waals surface area contributed by atoms with Crippen LogP contribution in [0.15, 0.2) is 24.3 Å². The number of benzene rings is 1.